The molecule has 44 heavy (non-hydrogen) atoms. The van der Waals surface area contributed by atoms with Crippen LogP contribution in [-0.2, 0) is 16.1 Å². The first-order chi connectivity index (χ1) is 21.3. The summed E-state index contributed by atoms with van der Waals surface area (Å²) in [6.07, 6.45) is 1.97. The summed E-state index contributed by atoms with van der Waals surface area (Å²) in [6, 6.07) is 23.4. The minimum atomic E-state index is -0.678. The average Bonchev–Trinajstić information content (AvgIpc) is 3.46. The van der Waals surface area contributed by atoms with E-state index in [9.17, 15) is 9.59 Å². The van der Waals surface area contributed by atoms with Crippen molar-refractivity contribution in [2.24, 2.45) is 4.99 Å². The monoisotopic (exact) mass is 669 g/mol. The van der Waals surface area contributed by atoms with Crippen LogP contribution in [0.3, 0.4) is 0 Å². The topological polar surface area (TPSA) is 74.8 Å². The zero-order valence-electron chi connectivity index (χ0n) is 25.0. The Balaban J connectivity index is 1.52. The minimum absolute atomic E-state index is 0.203. The minimum Gasteiger partial charge on any atom is -0.494 e. The Morgan fingerprint density at radius 3 is 2.43 bits per heavy atom. The van der Waals surface area contributed by atoms with Gasteiger partial charge in [0, 0.05) is 33.2 Å². The van der Waals surface area contributed by atoms with Crippen molar-refractivity contribution in [3.63, 3.8) is 0 Å². The van der Waals surface area contributed by atoms with Crippen LogP contribution in [0, 0.1) is 6.92 Å². The normalized spacial score (nSPS) is 14.9. The van der Waals surface area contributed by atoms with E-state index >= 15 is 0 Å². The standard InChI is InChI=1S/C35H32BrN3O4S/c1-5-42-26-17-13-24(14-18-26)32-31(34(41)43-6-2)21(3)37-35-39(32)33(40)30(44-35)19-28-22(4)38(29-10-8-7-9-27(28)29)20-23-11-15-25(36)16-12-23/h7-19,32H,5-6,20H2,1-4H3/t32-/m0/s1. The molecule has 0 N–H and O–H groups in total. The molecule has 9 heteroatoms. The van der Waals surface area contributed by atoms with Gasteiger partial charge in [0.15, 0.2) is 4.80 Å². The van der Waals surface area contributed by atoms with Crippen LogP contribution < -0.4 is 19.6 Å². The molecule has 0 saturated carbocycles. The van der Waals surface area contributed by atoms with Gasteiger partial charge >= 0.3 is 5.97 Å². The highest BCUT2D eigenvalue weighted by Crippen LogP contribution is 2.32. The van der Waals surface area contributed by atoms with E-state index in [0.29, 0.717) is 33.8 Å². The van der Waals surface area contributed by atoms with Crippen LogP contribution in [-0.4, -0.2) is 28.3 Å². The van der Waals surface area contributed by atoms with Gasteiger partial charge in [0.2, 0.25) is 0 Å². The highest BCUT2D eigenvalue weighted by atomic mass is 79.9. The van der Waals surface area contributed by atoms with Crippen LogP contribution in [0.2, 0.25) is 0 Å². The number of thiazole rings is 1. The fraction of sp³-hybridized carbons (Fsp3) is 0.229. The van der Waals surface area contributed by atoms with Crippen LogP contribution in [0.15, 0.2) is 98.3 Å². The molecule has 1 aliphatic heterocycles. The van der Waals surface area contributed by atoms with E-state index in [1.807, 2.05) is 61.5 Å². The average molecular weight is 671 g/mol. The molecular formula is C35H32BrN3O4S. The second-order valence-electron chi connectivity index (χ2n) is 10.5. The predicted octanol–water partition coefficient (Wildman–Crippen LogP) is 6.27. The Hall–Kier alpha value is -4.21. The lowest BCUT2D eigenvalue weighted by Gasteiger charge is -2.24. The van der Waals surface area contributed by atoms with Gasteiger partial charge in [-0.3, -0.25) is 9.36 Å². The van der Waals surface area contributed by atoms with E-state index in [1.165, 1.54) is 16.9 Å². The number of rotatable bonds is 8. The van der Waals surface area contributed by atoms with Gasteiger partial charge in [-0.05, 0) is 75.2 Å². The van der Waals surface area contributed by atoms with Gasteiger partial charge in [-0.25, -0.2) is 9.79 Å². The van der Waals surface area contributed by atoms with Crippen LogP contribution >= 0.6 is 27.3 Å². The van der Waals surface area contributed by atoms with Gasteiger partial charge in [0.1, 0.15) is 5.75 Å². The third kappa shape index (κ3) is 5.46. The fourth-order valence-corrected chi connectivity index (χ4v) is 7.06. The first-order valence-corrected chi connectivity index (χ1v) is 16.2. The van der Waals surface area contributed by atoms with Crippen molar-refractivity contribution in [3.05, 3.63) is 131 Å². The number of halogens is 1. The highest BCUT2D eigenvalue weighted by molar-refractivity contribution is 9.10. The van der Waals surface area contributed by atoms with E-state index < -0.39 is 12.0 Å². The number of esters is 1. The van der Waals surface area contributed by atoms with Crippen LogP contribution in [0.4, 0.5) is 0 Å². The molecule has 3 aromatic carbocycles. The lowest BCUT2D eigenvalue weighted by molar-refractivity contribution is -0.139. The number of benzene rings is 3. The molecule has 0 unspecified atom stereocenters. The lowest BCUT2D eigenvalue weighted by atomic mass is 9.96. The van der Waals surface area contributed by atoms with Gasteiger partial charge in [0.25, 0.3) is 5.56 Å². The van der Waals surface area contributed by atoms with Gasteiger partial charge in [0.05, 0.1) is 35.1 Å². The maximum Gasteiger partial charge on any atom is 0.338 e. The molecular weight excluding hydrogens is 638 g/mol. The molecule has 0 amide bonds. The van der Waals surface area contributed by atoms with E-state index in [1.54, 1.807) is 18.4 Å². The molecule has 6 rings (SSSR count). The van der Waals surface area contributed by atoms with Crippen molar-refractivity contribution in [1.29, 1.82) is 0 Å². The second-order valence-corrected chi connectivity index (χ2v) is 12.5. The molecule has 2 aromatic heterocycles. The van der Waals surface area contributed by atoms with Gasteiger partial charge in [-0.2, -0.15) is 0 Å². The fourth-order valence-electron chi connectivity index (χ4n) is 5.77. The van der Waals surface area contributed by atoms with Crippen LogP contribution in [0.25, 0.3) is 17.0 Å². The molecule has 0 radical (unpaired) electrons. The van der Waals surface area contributed by atoms with Crippen molar-refractivity contribution in [2.75, 3.05) is 13.2 Å². The number of fused-ring (bicyclic) bond motifs is 2. The molecule has 5 aromatic rings. The quantitative estimate of drug-likeness (QED) is 0.183. The third-order valence-electron chi connectivity index (χ3n) is 7.83. The zero-order valence-corrected chi connectivity index (χ0v) is 27.4. The smallest absolute Gasteiger partial charge is 0.338 e. The number of hydrogen-bond donors (Lipinski definition) is 0. The van der Waals surface area contributed by atoms with Crippen molar-refractivity contribution in [1.82, 2.24) is 9.13 Å². The zero-order chi connectivity index (χ0) is 31.0. The van der Waals surface area contributed by atoms with Crippen molar-refractivity contribution in [2.45, 2.75) is 40.3 Å². The Labute approximate surface area is 267 Å². The number of ether oxygens (including phenoxy) is 2. The molecule has 7 nitrogen and oxygen atoms in total. The maximum atomic E-state index is 14.3. The summed E-state index contributed by atoms with van der Waals surface area (Å²) in [6.45, 7) is 9.05. The number of hydrogen-bond acceptors (Lipinski definition) is 6. The van der Waals surface area contributed by atoms with Gasteiger partial charge in [-0.1, -0.05) is 69.7 Å². The van der Waals surface area contributed by atoms with Gasteiger partial charge in [-0.15, -0.1) is 0 Å². The van der Waals surface area contributed by atoms with Gasteiger partial charge < -0.3 is 14.0 Å². The molecule has 0 bridgehead atoms. The lowest BCUT2D eigenvalue weighted by Crippen LogP contribution is -2.39. The SMILES string of the molecule is CCOC(=O)C1=C(C)N=c2sc(=Cc3c(C)n(Cc4ccc(Br)cc4)c4ccccc34)c(=O)n2[C@H]1c1ccc(OCC)cc1. The highest BCUT2D eigenvalue weighted by Gasteiger charge is 2.33. The number of allylic oxidation sites excluding steroid dienone is 1. The van der Waals surface area contributed by atoms with E-state index in [0.717, 1.165) is 37.9 Å². The van der Waals surface area contributed by atoms with Crippen molar-refractivity contribution in [3.8, 4) is 5.75 Å². The summed E-state index contributed by atoms with van der Waals surface area (Å²) < 4.78 is 16.6. The summed E-state index contributed by atoms with van der Waals surface area (Å²) in [7, 11) is 0. The molecule has 0 spiro atoms. The Bertz CT molecular complexity index is 2090. The number of nitrogens with zero attached hydrogens (tertiary/aromatic N) is 3. The summed E-state index contributed by atoms with van der Waals surface area (Å²) in [4.78, 5) is 32.8. The Morgan fingerprint density at radius 2 is 1.73 bits per heavy atom. The number of carbonyl (C=O) groups is 1. The molecule has 0 aliphatic carbocycles. The molecule has 0 saturated heterocycles. The predicted molar refractivity (Wildman–Crippen MR) is 178 cm³/mol. The summed E-state index contributed by atoms with van der Waals surface area (Å²) >= 11 is 4.86. The summed E-state index contributed by atoms with van der Waals surface area (Å²) in [5, 5.41) is 1.07. The molecule has 224 valence electrons. The third-order valence-corrected chi connectivity index (χ3v) is 9.34. The summed E-state index contributed by atoms with van der Waals surface area (Å²) in [5.41, 5.74) is 5.80. The molecule has 3 heterocycles. The Kier molecular flexibility index (Phi) is 8.42. The molecule has 0 fully saturated rings. The molecule has 1 atom stereocenters. The largest absolute Gasteiger partial charge is 0.494 e. The van der Waals surface area contributed by atoms with Crippen molar-refractivity contribution < 1.29 is 14.3 Å². The first kappa shape index (κ1) is 29.8. The van der Waals surface area contributed by atoms with Crippen LogP contribution in [0.1, 0.15) is 49.2 Å². The Morgan fingerprint density at radius 1 is 1.00 bits per heavy atom. The van der Waals surface area contributed by atoms with Crippen LogP contribution in [0.5, 0.6) is 5.75 Å². The van der Waals surface area contributed by atoms with E-state index in [-0.39, 0.29) is 12.2 Å². The number of aromatic nitrogens is 2. The number of carbonyl (C=O) groups excluding carboxylic acids is 1. The second kappa shape index (κ2) is 12.4. The van der Waals surface area contributed by atoms with E-state index in [4.69, 9.17) is 14.5 Å². The van der Waals surface area contributed by atoms with E-state index in [2.05, 4.69) is 51.7 Å². The van der Waals surface area contributed by atoms with Crippen molar-refractivity contribution >= 4 is 50.2 Å². The first-order valence-electron chi connectivity index (χ1n) is 14.5. The summed E-state index contributed by atoms with van der Waals surface area (Å²) in [5.74, 6) is 0.241. The maximum absolute atomic E-state index is 14.3. The molecule has 1 aliphatic rings. The number of para-hydroxylation sites is 1.